The summed E-state index contributed by atoms with van der Waals surface area (Å²) in [6.07, 6.45) is 2.37. The summed E-state index contributed by atoms with van der Waals surface area (Å²) in [6.45, 7) is 3.33. The Kier molecular flexibility index (Phi) is 7.45. The fourth-order valence-electron chi connectivity index (χ4n) is 0.172. The van der Waals surface area contributed by atoms with Crippen LogP contribution in [0, 0.1) is 0 Å². The molecular weight excluding hydrogens is 151 g/mol. The molecule has 3 nitrogen and oxygen atoms in total. The van der Waals surface area contributed by atoms with Gasteiger partial charge in [-0.15, -0.1) is 6.58 Å². The Morgan fingerprint density at radius 1 is 1.78 bits per heavy atom. The molecule has 0 aromatic carbocycles. The van der Waals surface area contributed by atoms with Gasteiger partial charge in [-0.25, -0.2) is 0 Å². The van der Waals surface area contributed by atoms with E-state index in [0.29, 0.717) is 0 Å². The molecule has 0 spiro atoms. The van der Waals surface area contributed by atoms with E-state index in [9.17, 15) is 8.42 Å². The van der Waals surface area contributed by atoms with Gasteiger partial charge >= 0.3 is 29.6 Å². The van der Waals surface area contributed by atoms with Crippen LogP contribution >= 0.6 is 0 Å². The fourth-order valence-corrected chi connectivity index (χ4v) is 0.515. The van der Waals surface area contributed by atoms with Crippen LogP contribution in [0.15, 0.2) is 12.7 Å². The van der Waals surface area contributed by atoms with E-state index < -0.39 is 10.1 Å². The van der Waals surface area contributed by atoms with E-state index in [-0.39, 0.29) is 37.6 Å². The van der Waals surface area contributed by atoms with Crippen molar-refractivity contribution in [2.24, 2.45) is 0 Å². The van der Waals surface area contributed by atoms with Crippen LogP contribution in [0.4, 0.5) is 0 Å². The van der Waals surface area contributed by atoms with E-state index in [0.717, 1.165) is 6.26 Å². The molecule has 0 saturated heterocycles. The summed E-state index contributed by atoms with van der Waals surface area (Å²) in [7, 11) is -3.26. The van der Waals surface area contributed by atoms with Gasteiger partial charge in [0.25, 0.3) is 10.1 Å². The third-order valence-corrected chi connectivity index (χ3v) is 0.964. The Labute approximate surface area is 79.0 Å². The molecule has 0 aromatic heterocycles. The summed E-state index contributed by atoms with van der Waals surface area (Å²) in [6, 6.07) is 0. The molecule has 0 aromatic rings. The quantitative estimate of drug-likeness (QED) is 0.256. The molecule has 0 aliphatic carbocycles. The Morgan fingerprint density at radius 3 is 2.33 bits per heavy atom. The van der Waals surface area contributed by atoms with Crippen LogP contribution < -0.4 is 29.6 Å². The second-order valence-electron chi connectivity index (χ2n) is 1.28. The molecule has 0 aliphatic heterocycles. The zero-order chi connectivity index (χ0) is 6.62. The molecule has 0 unspecified atom stereocenters. The minimum Gasteiger partial charge on any atom is -1.00 e. The first kappa shape index (κ1) is 12.3. The van der Waals surface area contributed by atoms with Crippen molar-refractivity contribution in [3.63, 3.8) is 0 Å². The Balaban J connectivity index is -0.000000245. The summed E-state index contributed by atoms with van der Waals surface area (Å²) in [4.78, 5) is 0. The molecule has 0 amide bonds. The standard InChI is InChI=1S/C4H8O3S.Na.H/c1-3-4-7-8(2,5)6;;/h3H,1,4H2,2H3;;/q;+1;-1. The van der Waals surface area contributed by atoms with Crippen molar-refractivity contribution >= 4 is 10.1 Å². The average Bonchev–Trinajstić information content (AvgIpc) is 1.59. The smallest absolute Gasteiger partial charge is 1.00 e. The van der Waals surface area contributed by atoms with Gasteiger partial charge in [0.15, 0.2) is 0 Å². The Morgan fingerprint density at radius 2 is 2.22 bits per heavy atom. The topological polar surface area (TPSA) is 43.4 Å². The minimum absolute atomic E-state index is 0. The molecule has 50 valence electrons. The zero-order valence-corrected chi connectivity index (χ0v) is 8.44. The molecule has 0 radical (unpaired) electrons. The zero-order valence-electron chi connectivity index (χ0n) is 6.62. The van der Waals surface area contributed by atoms with Crippen molar-refractivity contribution in [2.45, 2.75) is 0 Å². The van der Waals surface area contributed by atoms with Gasteiger partial charge in [-0.05, 0) is 0 Å². The van der Waals surface area contributed by atoms with Gasteiger partial charge in [0.1, 0.15) is 0 Å². The van der Waals surface area contributed by atoms with E-state index in [1.165, 1.54) is 6.08 Å². The number of hydrogen-bond donors (Lipinski definition) is 0. The van der Waals surface area contributed by atoms with Crippen molar-refractivity contribution in [1.82, 2.24) is 0 Å². The van der Waals surface area contributed by atoms with Gasteiger partial charge in [0.2, 0.25) is 0 Å². The molecule has 0 bridgehead atoms. The van der Waals surface area contributed by atoms with Crippen LogP contribution in [0.25, 0.3) is 0 Å². The predicted molar refractivity (Wildman–Crippen MR) is 32.1 cm³/mol. The van der Waals surface area contributed by atoms with Crippen molar-refractivity contribution in [1.29, 1.82) is 0 Å². The minimum atomic E-state index is -3.26. The molecule has 9 heavy (non-hydrogen) atoms. The van der Waals surface area contributed by atoms with Crippen LogP contribution in [0.3, 0.4) is 0 Å². The molecule has 0 aliphatic rings. The molecule has 0 atom stereocenters. The first-order chi connectivity index (χ1) is 3.56. The molecule has 5 heteroatoms. The summed E-state index contributed by atoms with van der Waals surface area (Å²) >= 11 is 0. The average molecular weight is 160 g/mol. The summed E-state index contributed by atoms with van der Waals surface area (Å²) in [5.41, 5.74) is 0. The maximum Gasteiger partial charge on any atom is 1.00 e. The van der Waals surface area contributed by atoms with Crippen molar-refractivity contribution in [3.8, 4) is 0 Å². The van der Waals surface area contributed by atoms with Gasteiger partial charge < -0.3 is 1.43 Å². The third-order valence-electron chi connectivity index (χ3n) is 0.400. The fraction of sp³-hybridized carbons (Fsp3) is 0.500. The predicted octanol–water partition coefficient (Wildman–Crippen LogP) is -2.73. The second-order valence-corrected chi connectivity index (χ2v) is 2.92. The van der Waals surface area contributed by atoms with Crippen LogP contribution in [-0.4, -0.2) is 21.3 Å². The maximum absolute atomic E-state index is 10.1. The van der Waals surface area contributed by atoms with Crippen LogP contribution in [0.5, 0.6) is 0 Å². The van der Waals surface area contributed by atoms with Crippen molar-refractivity contribution in [2.75, 3.05) is 12.9 Å². The summed E-state index contributed by atoms with van der Waals surface area (Å²) in [5.74, 6) is 0. The largest absolute Gasteiger partial charge is 1.00 e. The SMILES string of the molecule is C=CCOS(C)(=O)=O.[H-].[Na+]. The molecule has 0 saturated carbocycles. The number of rotatable bonds is 3. The molecular formula is C4H9NaO3S. The van der Waals surface area contributed by atoms with Gasteiger partial charge in [0.05, 0.1) is 12.9 Å². The molecule has 0 fully saturated rings. The number of hydrogen-bond acceptors (Lipinski definition) is 3. The van der Waals surface area contributed by atoms with Crippen LogP contribution in [0.1, 0.15) is 1.43 Å². The van der Waals surface area contributed by atoms with Gasteiger partial charge in [0, 0.05) is 0 Å². The first-order valence-electron chi connectivity index (χ1n) is 2.01. The van der Waals surface area contributed by atoms with E-state index in [1.807, 2.05) is 0 Å². The molecule has 0 N–H and O–H groups in total. The van der Waals surface area contributed by atoms with Gasteiger partial charge in [-0.2, -0.15) is 8.42 Å². The van der Waals surface area contributed by atoms with E-state index >= 15 is 0 Å². The van der Waals surface area contributed by atoms with E-state index in [4.69, 9.17) is 0 Å². The van der Waals surface area contributed by atoms with Crippen molar-refractivity contribution in [3.05, 3.63) is 12.7 Å². The monoisotopic (exact) mass is 160 g/mol. The van der Waals surface area contributed by atoms with Gasteiger partial charge in [-0.1, -0.05) is 6.08 Å². The van der Waals surface area contributed by atoms with Crippen LogP contribution in [0.2, 0.25) is 0 Å². The van der Waals surface area contributed by atoms with Gasteiger partial charge in [-0.3, -0.25) is 4.18 Å². The second kappa shape index (κ2) is 5.44. The van der Waals surface area contributed by atoms with E-state index in [1.54, 1.807) is 0 Å². The van der Waals surface area contributed by atoms with Crippen molar-refractivity contribution < 1.29 is 43.6 Å². The first-order valence-corrected chi connectivity index (χ1v) is 3.83. The third kappa shape index (κ3) is 12.0. The van der Waals surface area contributed by atoms with Crippen LogP contribution in [-0.2, 0) is 14.3 Å². The molecule has 0 heterocycles. The summed E-state index contributed by atoms with van der Waals surface area (Å²) in [5, 5.41) is 0. The summed E-state index contributed by atoms with van der Waals surface area (Å²) < 4.78 is 24.5. The maximum atomic E-state index is 10.1. The Bertz CT molecular complexity index is 165. The normalized spacial score (nSPS) is 9.89. The molecule has 0 rings (SSSR count). The Hall–Kier alpha value is 0.650. The van der Waals surface area contributed by atoms with E-state index in [2.05, 4.69) is 10.8 Å².